The molecule has 2 nitrogen and oxygen atoms in total. The maximum Gasteiger partial charge on any atom is 0.0596 e. The van der Waals surface area contributed by atoms with E-state index in [4.69, 9.17) is 0 Å². The van der Waals surface area contributed by atoms with E-state index in [1.54, 1.807) is 0 Å². The minimum atomic E-state index is -0.365. The van der Waals surface area contributed by atoms with Crippen molar-refractivity contribution in [2.75, 3.05) is 0 Å². The lowest BCUT2D eigenvalue weighted by Gasteiger charge is -2.35. The molecular weight excluding hydrogens is 152 g/mol. The third kappa shape index (κ3) is 1.87. The van der Waals surface area contributed by atoms with Gasteiger partial charge in [0.2, 0.25) is 0 Å². The van der Waals surface area contributed by atoms with Gasteiger partial charge in [0.15, 0.2) is 0 Å². The molecule has 2 heteroatoms. The lowest BCUT2D eigenvalue weighted by atomic mass is 9.76. The minimum Gasteiger partial charge on any atom is -0.393 e. The van der Waals surface area contributed by atoms with E-state index in [9.17, 15) is 10.2 Å². The zero-order valence-electron chi connectivity index (χ0n) is 7.83. The van der Waals surface area contributed by atoms with Crippen molar-refractivity contribution in [1.29, 1.82) is 0 Å². The summed E-state index contributed by atoms with van der Waals surface area (Å²) in [5, 5.41) is 19.1. The Labute approximate surface area is 73.9 Å². The van der Waals surface area contributed by atoms with Gasteiger partial charge in [-0.15, -0.1) is 0 Å². The first-order chi connectivity index (χ1) is 5.52. The van der Waals surface area contributed by atoms with E-state index in [-0.39, 0.29) is 18.1 Å². The van der Waals surface area contributed by atoms with E-state index in [0.29, 0.717) is 5.92 Å². The summed E-state index contributed by atoms with van der Waals surface area (Å²) in [4.78, 5) is 0. The molecule has 1 rings (SSSR count). The standard InChI is InChI=1S/C10H18O2/c1-6(2)8-4-9(11)7(3)10(12)5-8/h7-12H,1,4-5H2,2-3H3/t7?,8?,9-,10+. The lowest BCUT2D eigenvalue weighted by molar-refractivity contribution is -0.0300. The fourth-order valence-corrected chi connectivity index (χ4v) is 1.77. The van der Waals surface area contributed by atoms with Crippen molar-refractivity contribution >= 4 is 0 Å². The number of aliphatic hydroxyl groups excluding tert-OH is 2. The van der Waals surface area contributed by atoms with Gasteiger partial charge >= 0.3 is 0 Å². The Morgan fingerprint density at radius 1 is 1.25 bits per heavy atom. The number of hydrogen-bond donors (Lipinski definition) is 2. The smallest absolute Gasteiger partial charge is 0.0596 e. The molecule has 1 fully saturated rings. The number of aliphatic hydroxyl groups is 2. The maximum atomic E-state index is 9.57. The van der Waals surface area contributed by atoms with Gasteiger partial charge in [0.05, 0.1) is 12.2 Å². The highest BCUT2D eigenvalue weighted by Gasteiger charge is 2.32. The molecule has 2 N–H and O–H groups in total. The molecule has 0 aliphatic heterocycles. The van der Waals surface area contributed by atoms with Crippen molar-refractivity contribution in [3.63, 3.8) is 0 Å². The molecule has 12 heavy (non-hydrogen) atoms. The predicted molar refractivity (Wildman–Crippen MR) is 48.7 cm³/mol. The molecule has 0 bridgehead atoms. The molecule has 4 atom stereocenters. The van der Waals surface area contributed by atoms with Crippen LogP contribution in [-0.2, 0) is 0 Å². The second-order valence-corrected chi connectivity index (χ2v) is 4.01. The number of hydrogen-bond acceptors (Lipinski definition) is 2. The molecule has 0 saturated heterocycles. The fourth-order valence-electron chi connectivity index (χ4n) is 1.77. The minimum absolute atomic E-state index is 0.0144. The van der Waals surface area contributed by atoms with Crippen LogP contribution >= 0.6 is 0 Å². The van der Waals surface area contributed by atoms with Gasteiger partial charge in [0.25, 0.3) is 0 Å². The Morgan fingerprint density at radius 3 is 2.00 bits per heavy atom. The van der Waals surface area contributed by atoms with Crippen LogP contribution in [0.15, 0.2) is 12.2 Å². The first-order valence-electron chi connectivity index (χ1n) is 4.54. The lowest BCUT2D eigenvalue weighted by Crippen LogP contribution is -2.38. The molecule has 0 aromatic carbocycles. The van der Waals surface area contributed by atoms with Gasteiger partial charge in [-0.3, -0.25) is 0 Å². The summed E-state index contributed by atoms with van der Waals surface area (Å²) in [7, 11) is 0. The van der Waals surface area contributed by atoms with Gasteiger partial charge in [-0.05, 0) is 25.7 Å². The highest BCUT2D eigenvalue weighted by Crippen LogP contribution is 2.32. The summed E-state index contributed by atoms with van der Waals surface area (Å²) < 4.78 is 0. The quantitative estimate of drug-likeness (QED) is 0.583. The van der Waals surface area contributed by atoms with E-state index in [1.807, 2.05) is 13.8 Å². The Kier molecular flexibility index (Phi) is 2.91. The summed E-state index contributed by atoms with van der Waals surface area (Å²) in [6, 6.07) is 0. The van der Waals surface area contributed by atoms with Crippen LogP contribution in [0.5, 0.6) is 0 Å². The Bertz CT molecular complexity index is 165. The monoisotopic (exact) mass is 170 g/mol. The summed E-state index contributed by atoms with van der Waals surface area (Å²) in [5.74, 6) is 0.312. The van der Waals surface area contributed by atoms with E-state index in [1.165, 1.54) is 0 Å². The van der Waals surface area contributed by atoms with Crippen LogP contribution < -0.4 is 0 Å². The third-order valence-electron chi connectivity index (χ3n) is 2.96. The first-order valence-corrected chi connectivity index (χ1v) is 4.54. The fraction of sp³-hybridized carbons (Fsp3) is 0.800. The molecule has 0 spiro atoms. The van der Waals surface area contributed by atoms with Gasteiger partial charge in [0.1, 0.15) is 0 Å². The van der Waals surface area contributed by atoms with E-state index >= 15 is 0 Å². The number of rotatable bonds is 1. The molecule has 0 amide bonds. The van der Waals surface area contributed by atoms with Crippen LogP contribution in [-0.4, -0.2) is 22.4 Å². The Morgan fingerprint density at radius 2 is 1.67 bits per heavy atom. The zero-order valence-corrected chi connectivity index (χ0v) is 7.83. The van der Waals surface area contributed by atoms with Gasteiger partial charge in [-0.2, -0.15) is 0 Å². The largest absolute Gasteiger partial charge is 0.393 e. The second-order valence-electron chi connectivity index (χ2n) is 4.01. The summed E-state index contributed by atoms with van der Waals surface area (Å²) >= 11 is 0. The van der Waals surface area contributed by atoms with Crippen LogP contribution in [0, 0.1) is 11.8 Å². The van der Waals surface area contributed by atoms with Crippen molar-refractivity contribution in [2.45, 2.75) is 38.9 Å². The highest BCUT2D eigenvalue weighted by atomic mass is 16.3. The molecule has 0 aromatic heterocycles. The topological polar surface area (TPSA) is 40.5 Å². The van der Waals surface area contributed by atoms with Gasteiger partial charge < -0.3 is 10.2 Å². The molecule has 2 unspecified atom stereocenters. The Hall–Kier alpha value is -0.340. The molecule has 1 aliphatic rings. The Balaban J connectivity index is 2.59. The van der Waals surface area contributed by atoms with Gasteiger partial charge in [-0.25, -0.2) is 0 Å². The molecular formula is C10H18O2. The van der Waals surface area contributed by atoms with Crippen LogP contribution in [0.4, 0.5) is 0 Å². The van der Waals surface area contributed by atoms with E-state index < -0.39 is 0 Å². The van der Waals surface area contributed by atoms with E-state index in [0.717, 1.165) is 18.4 Å². The maximum absolute atomic E-state index is 9.57. The summed E-state index contributed by atoms with van der Waals surface area (Å²) in [5.41, 5.74) is 1.07. The first kappa shape index (κ1) is 9.75. The van der Waals surface area contributed by atoms with Crippen molar-refractivity contribution in [1.82, 2.24) is 0 Å². The van der Waals surface area contributed by atoms with Crippen molar-refractivity contribution in [2.24, 2.45) is 11.8 Å². The molecule has 0 aromatic rings. The summed E-state index contributed by atoms with van der Waals surface area (Å²) in [6.45, 7) is 7.70. The molecule has 1 aliphatic carbocycles. The van der Waals surface area contributed by atoms with Crippen LogP contribution in [0.3, 0.4) is 0 Å². The van der Waals surface area contributed by atoms with Crippen molar-refractivity contribution < 1.29 is 10.2 Å². The molecule has 0 radical (unpaired) electrons. The third-order valence-corrected chi connectivity index (χ3v) is 2.96. The van der Waals surface area contributed by atoms with Crippen LogP contribution in [0.1, 0.15) is 26.7 Å². The van der Waals surface area contributed by atoms with Crippen molar-refractivity contribution in [3.05, 3.63) is 12.2 Å². The average Bonchev–Trinajstić information content (AvgIpc) is 1.99. The van der Waals surface area contributed by atoms with E-state index in [2.05, 4.69) is 6.58 Å². The van der Waals surface area contributed by atoms with Crippen LogP contribution in [0.2, 0.25) is 0 Å². The van der Waals surface area contributed by atoms with Gasteiger partial charge in [0, 0.05) is 5.92 Å². The zero-order chi connectivity index (χ0) is 9.30. The molecule has 1 saturated carbocycles. The average molecular weight is 170 g/mol. The normalized spacial score (nSPS) is 42.7. The van der Waals surface area contributed by atoms with Gasteiger partial charge in [-0.1, -0.05) is 19.1 Å². The highest BCUT2D eigenvalue weighted by molar-refractivity contribution is 5.01. The van der Waals surface area contributed by atoms with Crippen molar-refractivity contribution in [3.8, 4) is 0 Å². The summed E-state index contributed by atoms with van der Waals surface area (Å²) in [6.07, 6.45) is 0.784. The molecule has 70 valence electrons. The second kappa shape index (κ2) is 3.58. The predicted octanol–water partition coefficient (Wildman–Crippen LogP) is 1.33. The SMILES string of the molecule is C=C(C)C1C[C@@H](O)C(C)[C@@H](O)C1. The van der Waals surface area contributed by atoms with Crippen LogP contribution in [0.25, 0.3) is 0 Å². The number of allylic oxidation sites excluding steroid dienone is 1. The molecule has 0 heterocycles.